The number of para-hydroxylation sites is 1. The second kappa shape index (κ2) is 7.94. The average Bonchev–Trinajstić information content (AvgIpc) is 3.11. The van der Waals surface area contributed by atoms with Crippen LogP contribution in [0.1, 0.15) is 15.9 Å². The van der Waals surface area contributed by atoms with Crippen LogP contribution < -0.4 is 5.32 Å². The Balaban J connectivity index is 1.56. The highest BCUT2D eigenvalue weighted by molar-refractivity contribution is 9.10. The first-order valence-electron chi connectivity index (χ1n) is 8.27. The standard InChI is InChI=1S/C20H15BrN4OS/c21-16-11-23-25-19(16)24-20(26)15-8-2-1-5-14(15)12-27-17-9-3-6-13-7-4-10-22-18(13)17/h1-11H,12H2,(H2,23,24,25,26). The van der Waals surface area contributed by atoms with Gasteiger partial charge in [0.05, 0.1) is 16.2 Å². The van der Waals surface area contributed by atoms with Gasteiger partial charge < -0.3 is 5.32 Å². The van der Waals surface area contributed by atoms with E-state index < -0.39 is 0 Å². The van der Waals surface area contributed by atoms with Gasteiger partial charge in [0.25, 0.3) is 5.91 Å². The number of aromatic nitrogens is 3. The maximum absolute atomic E-state index is 12.7. The summed E-state index contributed by atoms with van der Waals surface area (Å²) in [5.41, 5.74) is 2.58. The summed E-state index contributed by atoms with van der Waals surface area (Å²) in [7, 11) is 0. The van der Waals surface area contributed by atoms with Crippen molar-refractivity contribution < 1.29 is 4.79 Å². The molecule has 0 bridgehead atoms. The molecular formula is C20H15BrN4OS. The molecule has 0 aliphatic heterocycles. The minimum absolute atomic E-state index is 0.174. The molecule has 0 fully saturated rings. The summed E-state index contributed by atoms with van der Waals surface area (Å²) >= 11 is 5.02. The van der Waals surface area contributed by atoms with Crippen molar-refractivity contribution in [3.05, 3.63) is 82.6 Å². The molecule has 4 rings (SSSR count). The van der Waals surface area contributed by atoms with Crippen LogP contribution in [-0.4, -0.2) is 21.1 Å². The number of H-pyrrole nitrogens is 1. The summed E-state index contributed by atoms with van der Waals surface area (Å²) in [5, 5.41) is 10.6. The zero-order valence-corrected chi connectivity index (χ0v) is 16.5. The Hall–Kier alpha value is -2.64. The number of fused-ring (bicyclic) bond motifs is 1. The molecule has 2 aromatic carbocycles. The molecule has 2 N–H and O–H groups in total. The lowest BCUT2D eigenvalue weighted by Crippen LogP contribution is -2.14. The van der Waals surface area contributed by atoms with Crippen LogP contribution in [0.5, 0.6) is 0 Å². The van der Waals surface area contributed by atoms with Gasteiger partial charge in [-0.1, -0.05) is 36.4 Å². The van der Waals surface area contributed by atoms with Crippen LogP contribution in [0.15, 0.2) is 76.4 Å². The van der Waals surface area contributed by atoms with Crippen molar-refractivity contribution in [1.29, 1.82) is 0 Å². The summed E-state index contributed by atoms with van der Waals surface area (Å²) in [5.74, 6) is 1.04. The van der Waals surface area contributed by atoms with E-state index in [2.05, 4.69) is 54.6 Å². The molecule has 2 aromatic heterocycles. The Kier molecular flexibility index (Phi) is 5.22. The van der Waals surface area contributed by atoms with Crippen LogP contribution >= 0.6 is 27.7 Å². The van der Waals surface area contributed by atoms with Gasteiger partial charge in [-0.2, -0.15) is 5.10 Å². The van der Waals surface area contributed by atoms with E-state index in [9.17, 15) is 4.79 Å². The molecule has 7 heteroatoms. The number of carbonyl (C=O) groups is 1. The molecule has 0 spiro atoms. The van der Waals surface area contributed by atoms with Gasteiger partial charge in [0.2, 0.25) is 0 Å². The van der Waals surface area contributed by atoms with Crippen molar-refractivity contribution in [3.63, 3.8) is 0 Å². The fourth-order valence-corrected chi connectivity index (χ4v) is 4.09. The predicted molar refractivity (Wildman–Crippen MR) is 112 cm³/mol. The number of carbonyl (C=O) groups excluding carboxylic acids is 1. The minimum atomic E-state index is -0.174. The lowest BCUT2D eigenvalue weighted by atomic mass is 10.1. The van der Waals surface area contributed by atoms with Gasteiger partial charge in [-0.15, -0.1) is 11.8 Å². The Morgan fingerprint density at radius 1 is 1.11 bits per heavy atom. The SMILES string of the molecule is O=C(Nc1[nH]ncc1Br)c1ccccc1CSc1cccc2cccnc12. The zero-order valence-electron chi connectivity index (χ0n) is 14.1. The predicted octanol–water partition coefficient (Wildman–Crippen LogP) is 5.27. The molecule has 134 valence electrons. The number of hydrogen-bond acceptors (Lipinski definition) is 4. The lowest BCUT2D eigenvalue weighted by Gasteiger charge is -2.10. The first-order valence-corrected chi connectivity index (χ1v) is 10.0. The summed E-state index contributed by atoms with van der Waals surface area (Å²) in [6, 6.07) is 17.7. The summed E-state index contributed by atoms with van der Waals surface area (Å²) in [6.07, 6.45) is 3.40. The number of aromatic amines is 1. The van der Waals surface area contributed by atoms with E-state index in [4.69, 9.17) is 0 Å². The van der Waals surface area contributed by atoms with Crippen LogP contribution in [0.2, 0.25) is 0 Å². The summed E-state index contributed by atoms with van der Waals surface area (Å²) < 4.78 is 0.713. The Bertz CT molecular complexity index is 1110. The third-order valence-electron chi connectivity index (χ3n) is 4.07. The normalized spacial score (nSPS) is 10.9. The van der Waals surface area contributed by atoms with E-state index in [1.54, 1.807) is 24.2 Å². The molecule has 0 saturated heterocycles. The molecule has 2 heterocycles. The van der Waals surface area contributed by atoms with E-state index in [0.29, 0.717) is 21.6 Å². The molecule has 1 amide bonds. The van der Waals surface area contributed by atoms with E-state index >= 15 is 0 Å². The number of pyridine rings is 1. The Morgan fingerprint density at radius 3 is 2.81 bits per heavy atom. The molecule has 0 aliphatic rings. The molecule has 0 unspecified atom stereocenters. The highest BCUT2D eigenvalue weighted by Crippen LogP contribution is 2.30. The molecule has 0 radical (unpaired) electrons. The maximum atomic E-state index is 12.7. The van der Waals surface area contributed by atoms with Crippen molar-refractivity contribution in [1.82, 2.24) is 15.2 Å². The number of nitrogens with one attached hydrogen (secondary N) is 2. The average molecular weight is 439 g/mol. The number of anilines is 1. The van der Waals surface area contributed by atoms with Crippen LogP contribution in [0, 0.1) is 0 Å². The number of hydrogen-bond donors (Lipinski definition) is 2. The fourth-order valence-electron chi connectivity index (χ4n) is 2.76. The van der Waals surface area contributed by atoms with Crippen molar-refractivity contribution in [2.24, 2.45) is 0 Å². The summed E-state index contributed by atoms with van der Waals surface area (Å²) in [4.78, 5) is 18.3. The molecule has 0 saturated carbocycles. The van der Waals surface area contributed by atoms with E-state index in [0.717, 1.165) is 21.4 Å². The number of thioether (sulfide) groups is 1. The number of amides is 1. The second-order valence-electron chi connectivity index (χ2n) is 5.82. The quantitative estimate of drug-likeness (QED) is 0.416. The largest absolute Gasteiger partial charge is 0.306 e. The number of nitrogens with zero attached hydrogens (tertiary/aromatic N) is 2. The van der Waals surface area contributed by atoms with Gasteiger partial charge >= 0.3 is 0 Å². The van der Waals surface area contributed by atoms with Gasteiger partial charge in [0, 0.05) is 27.8 Å². The van der Waals surface area contributed by atoms with Gasteiger partial charge in [-0.25, -0.2) is 0 Å². The molecule has 0 atom stereocenters. The van der Waals surface area contributed by atoms with Crippen LogP contribution in [-0.2, 0) is 5.75 Å². The minimum Gasteiger partial charge on any atom is -0.306 e. The van der Waals surface area contributed by atoms with Gasteiger partial charge in [0.1, 0.15) is 5.82 Å². The highest BCUT2D eigenvalue weighted by atomic mass is 79.9. The van der Waals surface area contributed by atoms with Gasteiger partial charge in [-0.3, -0.25) is 14.9 Å². The molecule has 4 aromatic rings. The third kappa shape index (κ3) is 3.89. The van der Waals surface area contributed by atoms with Crippen molar-refractivity contribution >= 4 is 50.3 Å². The molecule has 5 nitrogen and oxygen atoms in total. The highest BCUT2D eigenvalue weighted by Gasteiger charge is 2.14. The molecular weight excluding hydrogens is 424 g/mol. The Labute approximate surface area is 168 Å². The smallest absolute Gasteiger partial charge is 0.257 e. The number of benzene rings is 2. The van der Waals surface area contributed by atoms with E-state index in [1.807, 2.05) is 36.4 Å². The van der Waals surface area contributed by atoms with Crippen LogP contribution in [0.25, 0.3) is 10.9 Å². The first-order chi connectivity index (χ1) is 13.2. The van der Waals surface area contributed by atoms with Crippen LogP contribution in [0.3, 0.4) is 0 Å². The van der Waals surface area contributed by atoms with E-state index in [-0.39, 0.29) is 5.91 Å². The summed E-state index contributed by atoms with van der Waals surface area (Å²) in [6.45, 7) is 0. The fraction of sp³-hybridized carbons (Fsp3) is 0.0500. The van der Waals surface area contributed by atoms with Crippen molar-refractivity contribution in [2.45, 2.75) is 10.6 Å². The van der Waals surface area contributed by atoms with Crippen LogP contribution in [0.4, 0.5) is 5.82 Å². The van der Waals surface area contributed by atoms with E-state index in [1.165, 1.54) is 0 Å². The zero-order chi connectivity index (χ0) is 18.6. The third-order valence-corrected chi connectivity index (χ3v) is 5.77. The molecule has 27 heavy (non-hydrogen) atoms. The monoisotopic (exact) mass is 438 g/mol. The number of halogens is 1. The Morgan fingerprint density at radius 2 is 1.96 bits per heavy atom. The second-order valence-corrected chi connectivity index (χ2v) is 7.70. The maximum Gasteiger partial charge on any atom is 0.257 e. The van der Waals surface area contributed by atoms with Crippen molar-refractivity contribution in [2.75, 3.05) is 5.32 Å². The lowest BCUT2D eigenvalue weighted by molar-refractivity contribution is 0.102. The number of rotatable bonds is 5. The van der Waals surface area contributed by atoms with Gasteiger partial charge in [0.15, 0.2) is 0 Å². The van der Waals surface area contributed by atoms with Crippen molar-refractivity contribution in [3.8, 4) is 0 Å². The van der Waals surface area contributed by atoms with Gasteiger partial charge in [-0.05, 0) is 39.7 Å². The molecule has 0 aliphatic carbocycles. The topological polar surface area (TPSA) is 70.7 Å². The first kappa shape index (κ1) is 17.8.